The van der Waals surface area contributed by atoms with Crippen molar-refractivity contribution >= 4 is 29.1 Å². The monoisotopic (exact) mass is 381 g/mol. The Kier molecular flexibility index (Phi) is 6.97. The van der Waals surface area contributed by atoms with Crippen LogP contribution in [0.5, 0.6) is 11.5 Å². The Morgan fingerprint density at radius 1 is 1.08 bits per heavy atom. The lowest BCUT2D eigenvalue weighted by Crippen LogP contribution is -2.38. The van der Waals surface area contributed by atoms with E-state index in [1.54, 1.807) is 31.2 Å². The minimum absolute atomic E-state index is 0.204. The van der Waals surface area contributed by atoms with E-state index in [-0.39, 0.29) is 5.91 Å². The summed E-state index contributed by atoms with van der Waals surface area (Å²) in [4.78, 5) is 12.1. The summed E-state index contributed by atoms with van der Waals surface area (Å²) in [5.74, 6) is 1.12. The molecule has 1 N–H and O–H groups in total. The third kappa shape index (κ3) is 5.83. The second-order valence-corrected chi connectivity index (χ2v) is 6.54. The first-order valence-corrected chi connectivity index (χ1v) is 8.72. The molecule has 2 aromatic rings. The lowest BCUT2D eigenvalue weighted by molar-refractivity contribution is -0.127. The number of aryl methyl sites for hydroxylation is 2. The van der Waals surface area contributed by atoms with Crippen molar-refractivity contribution in [3.63, 3.8) is 0 Å². The Morgan fingerprint density at radius 3 is 2.28 bits per heavy atom. The number of rotatable bonds is 7. The summed E-state index contributed by atoms with van der Waals surface area (Å²) < 4.78 is 11.2. The van der Waals surface area contributed by atoms with Gasteiger partial charge in [-0.05, 0) is 68.3 Å². The second-order valence-electron chi connectivity index (χ2n) is 5.72. The van der Waals surface area contributed by atoms with Crippen LogP contribution in [0, 0.1) is 13.8 Å². The Hall–Kier alpha value is -1.91. The average molecular weight is 382 g/mol. The van der Waals surface area contributed by atoms with Gasteiger partial charge in [-0.3, -0.25) is 4.79 Å². The lowest BCUT2D eigenvalue weighted by Gasteiger charge is -2.16. The van der Waals surface area contributed by atoms with Gasteiger partial charge in [0.2, 0.25) is 0 Å². The van der Waals surface area contributed by atoms with Crippen LogP contribution in [-0.4, -0.2) is 25.2 Å². The normalized spacial score (nSPS) is 11.7. The zero-order chi connectivity index (χ0) is 18.4. The number of carbonyl (C=O) groups is 1. The van der Waals surface area contributed by atoms with E-state index in [9.17, 15) is 4.79 Å². The van der Waals surface area contributed by atoms with Crippen molar-refractivity contribution in [3.8, 4) is 11.5 Å². The topological polar surface area (TPSA) is 47.6 Å². The summed E-state index contributed by atoms with van der Waals surface area (Å²) in [6.45, 7) is 6.25. The number of benzene rings is 2. The molecule has 0 aliphatic rings. The Bertz CT molecular complexity index is 709. The molecule has 1 atom stereocenters. The summed E-state index contributed by atoms with van der Waals surface area (Å²) >= 11 is 11.9. The van der Waals surface area contributed by atoms with Crippen molar-refractivity contribution in [2.24, 2.45) is 0 Å². The first-order chi connectivity index (χ1) is 11.9. The van der Waals surface area contributed by atoms with E-state index in [1.807, 2.05) is 26.0 Å². The van der Waals surface area contributed by atoms with Gasteiger partial charge in [0.05, 0.1) is 6.54 Å². The molecule has 0 aliphatic heterocycles. The quantitative estimate of drug-likeness (QED) is 0.714. The van der Waals surface area contributed by atoms with Gasteiger partial charge in [0.1, 0.15) is 18.1 Å². The lowest BCUT2D eigenvalue weighted by atomic mass is 10.1. The predicted octanol–water partition coefficient (Wildman–Crippen LogP) is 4.57. The van der Waals surface area contributed by atoms with Crippen LogP contribution in [0.3, 0.4) is 0 Å². The molecule has 0 bridgehead atoms. The van der Waals surface area contributed by atoms with Crippen molar-refractivity contribution in [2.45, 2.75) is 26.9 Å². The molecular formula is C19H21Cl2NO3. The van der Waals surface area contributed by atoms with Gasteiger partial charge in [0.25, 0.3) is 5.91 Å². The van der Waals surface area contributed by atoms with E-state index >= 15 is 0 Å². The molecule has 0 aromatic heterocycles. The second kappa shape index (κ2) is 8.97. The first kappa shape index (κ1) is 19.4. The molecule has 1 amide bonds. The summed E-state index contributed by atoms with van der Waals surface area (Å²) in [5, 5.41) is 4.15. The summed E-state index contributed by atoms with van der Waals surface area (Å²) in [6, 6.07) is 10.7. The van der Waals surface area contributed by atoms with E-state index in [0.29, 0.717) is 34.7 Å². The third-order valence-electron chi connectivity index (χ3n) is 3.58. The fourth-order valence-corrected chi connectivity index (χ4v) is 2.48. The molecule has 0 saturated carbocycles. The largest absolute Gasteiger partial charge is 0.492 e. The van der Waals surface area contributed by atoms with Crippen molar-refractivity contribution < 1.29 is 14.3 Å². The highest BCUT2D eigenvalue weighted by Crippen LogP contribution is 2.26. The van der Waals surface area contributed by atoms with Gasteiger partial charge in [-0.25, -0.2) is 0 Å². The van der Waals surface area contributed by atoms with E-state index in [4.69, 9.17) is 32.7 Å². The maximum atomic E-state index is 12.1. The molecule has 2 aromatic carbocycles. The number of hydrogen-bond acceptors (Lipinski definition) is 3. The molecule has 0 heterocycles. The fraction of sp³-hybridized carbons (Fsp3) is 0.316. The molecular weight excluding hydrogens is 361 g/mol. The van der Waals surface area contributed by atoms with Crippen molar-refractivity contribution in [1.29, 1.82) is 0 Å². The maximum Gasteiger partial charge on any atom is 0.260 e. The third-order valence-corrected chi connectivity index (χ3v) is 4.42. The van der Waals surface area contributed by atoms with Crippen molar-refractivity contribution in [3.05, 3.63) is 57.6 Å². The number of amides is 1. The van der Waals surface area contributed by atoms with Crippen LogP contribution in [0.15, 0.2) is 36.4 Å². The zero-order valence-corrected chi connectivity index (χ0v) is 15.9. The van der Waals surface area contributed by atoms with E-state index in [1.165, 1.54) is 0 Å². The van der Waals surface area contributed by atoms with Crippen LogP contribution in [0.4, 0.5) is 0 Å². The van der Waals surface area contributed by atoms with Crippen LogP contribution >= 0.6 is 23.2 Å². The highest BCUT2D eigenvalue weighted by Gasteiger charge is 2.15. The van der Waals surface area contributed by atoms with Gasteiger partial charge >= 0.3 is 0 Å². The Labute approximate surface area is 158 Å². The van der Waals surface area contributed by atoms with E-state index in [2.05, 4.69) is 5.32 Å². The fourth-order valence-electron chi connectivity index (χ4n) is 2.25. The van der Waals surface area contributed by atoms with Gasteiger partial charge in [-0.1, -0.05) is 23.2 Å². The molecule has 4 nitrogen and oxygen atoms in total. The average Bonchev–Trinajstić information content (AvgIpc) is 2.57. The van der Waals surface area contributed by atoms with Crippen LogP contribution in [0.25, 0.3) is 0 Å². The Morgan fingerprint density at radius 2 is 1.68 bits per heavy atom. The molecule has 2 rings (SSSR count). The molecule has 0 saturated heterocycles. The summed E-state index contributed by atoms with van der Waals surface area (Å²) in [6.07, 6.45) is -0.615. The number of carbonyl (C=O) groups excluding carboxylic acids is 1. The number of halogens is 2. The first-order valence-electron chi connectivity index (χ1n) is 7.96. The smallest absolute Gasteiger partial charge is 0.260 e. The minimum atomic E-state index is -0.615. The standard InChI is InChI=1S/C19H21Cl2NO3/c1-12-10-17(11-13(2)18(12)21)25-14(3)19(23)22-8-9-24-16-6-4-15(20)5-7-16/h4-7,10-11,14H,8-9H2,1-3H3,(H,22,23)/t14-/m0/s1. The zero-order valence-electron chi connectivity index (χ0n) is 14.4. The molecule has 134 valence electrons. The number of ether oxygens (including phenoxy) is 2. The van der Waals surface area contributed by atoms with Crippen LogP contribution in [-0.2, 0) is 4.79 Å². The number of hydrogen-bond donors (Lipinski definition) is 1. The molecule has 6 heteroatoms. The van der Waals surface area contributed by atoms with Crippen LogP contribution in [0.2, 0.25) is 10.0 Å². The molecule has 0 unspecified atom stereocenters. The summed E-state index contributed by atoms with van der Waals surface area (Å²) in [7, 11) is 0. The molecule has 25 heavy (non-hydrogen) atoms. The van der Waals surface area contributed by atoms with Gasteiger partial charge in [-0.15, -0.1) is 0 Å². The molecule has 0 spiro atoms. The van der Waals surface area contributed by atoms with Gasteiger partial charge in [-0.2, -0.15) is 0 Å². The van der Waals surface area contributed by atoms with E-state index < -0.39 is 6.10 Å². The van der Waals surface area contributed by atoms with Crippen molar-refractivity contribution in [2.75, 3.05) is 13.2 Å². The van der Waals surface area contributed by atoms with Crippen molar-refractivity contribution in [1.82, 2.24) is 5.32 Å². The molecule has 0 aliphatic carbocycles. The number of nitrogens with one attached hydrogen (secondary N) is 1. The van der Waals surface area contributed by atoms with Crippen LogP contribution < -0.4 is 14.8 Å². The predicted molar refractivity (Wildman–Crippen MR) is 101 cm³/mol. The van der Waals surface area contributed by atoms with Crippen LogP contribution in [0.1, 0.15) is 18.1 Å². The van der Waals surface area contributed by atoms with Gasteiger partial charge in [0, 0.05) is 10.0 Å². The SMILES string of the molecule is Cc1cc(O[C@@H](C)C(=O)NCCOc2ccc(Cl)cc2)cc(C)c1Cl. The van der Waals surface area contributed by atoms with Gasteiger partial charge < -0.3 is 14.8 Å². The summed E-state index contributed by atoms with van der Waals surface area (Å²) in [5.41, 5.74) is 1.83. The highest BCUT2D eigenvalue weighted by molar-refractivity contribution is 6.32. The molecule has 0 radical (unpaired) electrons. The Balaban J connectivity index is 1.77. The minimum Gasteiger partial charge on any atom is -0.492 e. The van der Waals surface area contributed by atoms with Gasteiger partial charge in [0.15, 0.2) is 6.10 Å². The van der Waals surface area contributed by atoms with E-state index in [0.717, 1.165) is 11.1 Å². The molecule has 0 fully saturated rings. The maximum absolute atomic E-state index is 12.1. The highest BCUT2D eigenvalue weighted by atomic mass is 35.5.